The number of hydrogen-bond acceptors (Lipinski definition) is 3. The number of phenols is 2. The molecule has 23 heavy (non-hydrogen) atoms. The summed E-state index contributed by atoms with van der Waals surface area (Å²) in [4.78, 5) is 1.16. The molecular weight excluding hydrogens is 304 g/mol. The molecule has 2 N–H and O–H groups in total. The van der Waals surface area contributed by atoms with E-state index in [-0.39, 0.29) is 11.5 Å². The standard InChI is InChI=1S/C20H14O2S/c21-15-8-6-13(7-9-15)19-17-11-10-16(22)12-18(17)23-20(19)14-4-2-1-3-5-14/h1-12,21-22H. The lowest BCUT2D eigenvalue weighted by atomic mass is 9.99. The molecule has 4 aromatic rings. The highest BCUT2D eigenvalue weighted by atomic mass is 32.1. The largest absolute Gasteiger partial charge is 0.508 e. The molecule has 0 fully saturated rings. The molecular formula is C20H14O2S. The van der Waals surface area contributed by atoms with Crippen LogP contribution in [-0.4, -0.2) is 10.2 Å². The van der Waals surface area contributed by atoms with Crippen LogP contribution >= 0.6 is 11.3 Å². The number of aromatic hydroxyl groups is 2. The van der Waals surface area contributed by atoms with Gasteiger partial charge in [-0.05, 0) is 41.5 Å². The summed E-state index contributed by atoms with van der Waals surface area (Å²) in [5, 5.41) is 20.4. The van der Waals surface area contributed by atoms with Crippen LogP contribution in [0.25, 0.3) is 31.7 Å². The zero-order valence-corrected chi connectivity index (χ0v) is 13.0. The SMILES string of the molecule is Oc1ccc(-c2c(-c3ccccc3)sc3cc(O)ccc23)cc1. The van der Waals surface area contributed by atoms with Gasteiger partial charge in [-0.15, -0.1) is 11.3 Å². The molecule has 0 bridgehead atoms. The van der Waals surface area contributed by atoms with Crippen molar-refractivity contribution in [1.29, 1.82) is 0 Å². The lowest BCUT2D eigenvalue weighted by Crippen LogP contribution is -1.80. The van der Waals surface area contributed by atoms with Gasteiger partial charge in [0.25, 0.3) is 0 Å². The number of rotatable bonds is 2. The van der Waals surface area contributed by atoms with Gasteiger partial charge in [-0.25, -0.2) is 0 Å². The van der Waals surface area contributed by atoms with Gasteiger partial charge < -0.3 is 10.2 Å². The van der Waals surface area contributed by atoms with E-state index in [9.17, 15) is 10.2 Å². The predicted molar refractivity (Wildman–Crippen MR) is 96.0 cm³/mol. The van der Waals surface area contributed by atoms with E-state index in [2.05, 4.69) is 12.1 Å². The molecule has 3 heteroatoms. The van der Waals surface area contributed by atoms with Crippen molar-refractivity contribution in [3.63, 3.8) is 0 Å². The van der Waals surface area contributed by atoms with Crippen LogP contribution in [0.1, 0.15) is 0 Å². The molecule has 0 amide bonds. The van der Waals surface area contributed by atoms with Crippen molar-refractivity contribution >= 4 is 21.4 Å². The first-order valence-corrected chi connectivity index (χ1v) is 8.14. The third-order valence-electron chi connectivity index (χ3n) is 3.87. The lowest BCUT2D eigenvalue weighted by molar-refractivity contribution is 0.475. The summed E-state index contributed by atoms with van der Waals surface area (Å²) >= 11 is 1.67. The van der Waals surface area contributed by atoms with E-state index < -0.39 is 0 Å². The first-order valence-electron chi connectivity index (χ1n) is 7.33. The summed E-state index contributed by atoms with van der Waals surface area (Å²) in [5.41, 5.74) is 3.34. The van der Waals surface area contributed by atoms with E-state index in [1.54, 1.807) is 35.6 Å². The van der Waals surface area contributed by atoms with Crippen molar-refractivity contribution in [3.8, 4) is 33.1 Å². The topological polar surface area (TPSA) is 40.5 Å². The van der Waals surface area contributed by atoms with Gasteiger partial charge in [-0.3, -0.25) is 0 Å². The molecule has 1 aromatic heterocycles. The zero-order valence-electron chi connectivity index (χ0n) is 12.2. The second-order valence-electron chi connectivity index (χ2n) is 5.40. The number of benzene rings is 3. The minimum absolute atomic E-state index is 0.257. The van der Waals surface area contributed by atoms with Crippen LogP contribution in [0.3, 0.4) is 0 Å². The molecule has 0 aliphatic rings. The Morgan fingerprint density at radius 2 is 1.35 bits per heavy atom. The van der Waals surface area contributed by atoms with Crippen LogP contribution in [0.2, 0.25) is 0 Å². The summed E-state index contributed by atoms with van der Waals surface area (Å²) in [6.07, 6.45) is 0. The minimum atomic E-state index is 0.257. The summed E-state index contributed by atoms with van der Waals surface area (Å²) in [7, 11) is 0. The van der Waals surface area contributed by atoms with Crippen LogP contribution in [-0.2, 0) is 0 Å². The van der Waals surface area contributed by atoms with Crippen LogP contribution in [0.15, 0.2) is 72.8 Å². The number of phenolic OH excluding ortho intramolecular Hbond substituents is 2. The summed E-state index contributed by atoms with van der Waals surface area (Å²) in [5.74, 6) is 0.530. The van der Waals surface area contributed by atoms with Crippen LogP contribution in [0.5, 0.6) is 11.5 Å². The number of hydrogen-bond donors (Lipinski definition) is 2. The molecule has 0 unspecified atom stereocenters. The Kier molecular flexibility index (Phi) is 3.28. The minimum Gasteiger partial charge on any atom is -0.508 e. The van der Waals surface area contributed by atoms with Gasteiger partial charge in [0, 0.05) is 20.5 Å². The Labute approximate surface area is 137 Å². The third kappa shape index (κ3) is 2.45. The molecule has 3 aromatic carbocycles. The third-order valence-corrected chi connectivity index (χ3v) is 5.07. The average molecular weight is 318 g/mol. The van der Waals surface area contributed by atoms with Crippen molar-refractivity contribution < 1.29 is 10.2 Å². The van der Waals surface area contributed by atoms with Gasteiger partial charge in [0.05, 0.1) is 0 Å². The van der Waals surface area contributed by atoms with Crippen LogP contribution in [0, 0.1) is 0 Å². The van der Waals surface area contributed by atoms with Crippen molar-refractivity contribution in [2.24, 2.45) is 0 Å². The van der Waals surface area contributed by atoms with E-state index in [0.29, 0.717) is 0 Å². The fraction of sp³-hybridized carbons (Fsp3) is 0. The van der Waals surface area contributed by atoms with Crippen LogP contribution in [0.4, 0.5) is 0 Å². The zero-order chi connectivity index (χ0) is 15.8. The average Bonchev–Trinajstić information content (AvgIpc) is 2.95. The predicted octanol–water partition coefficient (Wildman–Crippen LogP) is 5.65. The van der Waals surface area contributed by atoms with E-state index in [0.717, 1.165) is 31.7 Å². The Bertz CT molecular complexity index is 970. The highest BCUT2D eigenvalue weighted by Gasteiger charge is 2.15. The highest BCUT2D eigenvalue weighted by Crippen LogP contribution is 2.45. The molecule has 0 aliphatic heterocycles. The van der Waals surface area contributed by atoms with Gasteiger partial charge in [0.1, 0.15) is 11.5 Å². The summed E-state index contributed by atoms with van der Waals surface area (Å²) in [6.45, 7) is 0. The van der Waals surface area contributed by atoms with Gasteiger partial charge in [-0.1, -0.05) is 42.5 Å². The van der Waals surface area contributed by atoms with Gasteiger partial charge in [0.15, 0.2) is 0 Å². The van der Waals surface area contributed by atoms with E-state index >= 15 is 0 Å². The number of fused-ring (bicyclic) bond motifs is 1. The molecule has 0 saturated heterocycles. The van der Waals surface area contributed by atoms with Crippen LogP contribution < -0.4 is 0 Å². The molecule has 4 rings (SSSR count). The molecule has 0 aliphatic carbocycles. The van der Waals surface area contributed by atoms with Gasteiger partial charge >= 0.3 is 0 Å². The van der Waals surface area contributed by atoms with Gasteiger partial charge in [-0.2, -0.15) is 0 Å². The maximum Gasteiger partial charge on any atom is 0.117 e. The molecule has 0 radical (unpaired) electrons. The van der Waals surface area contributed by atoms with E-state index in [4.69, 9.17) is 0 Å². The van der Waals surface area contributed by atoms with Crippen molar-refractivity contribution in [2.75, 3.05) is 0 Å². The molecule has 0 saturated carbocycles. The Hall–Kier alpha value is -2.78. The summed E-state index contributed by atoms with van der Waals surface area (Å²) < 4.78 is 1.05. The van der Waals surface area contributed by atoms with Crippen molar-refractivity contribution in [2.45, 2.75) is 0 Å². The van der Waals surface area contributed by atoms with E-state index in [1.165, 1.54) is 0 Å². The normalized spacial score (nSPS) is 11.0. The Morgan fingerprint density at radius 3 is 2.09 bits per heavy atom. The first-order chi connectivity index (χ1) is 11.2. The fourth-order valence-corrected chi connectivity index (χ4v) is 4.06. The number of thiophene rings is 1. The maximum atomic E-state index is 9.78. The lowest BCUT2D eigenvalue weighted by Gasteiger charge is -2.06. The highest BCUT2D eigenvalue weighted by molar-refractivity contribution is 7.23. The Balaban J connectivity index is 2.05. The quantitative estimate of drug-likeness (QED) is 0.501. The first kappa shape index (κ1) is 13.9. The maximum absolute atomic E-state index is 9.78. The molecule has 1 heterocycles. The molecule has 2 nitrogen and oxygen atoms in total. The van der Waals surface area contributed by atoms with Crippen molar-refractivity contribution in [1.82, 2.24) is 0 Å². The molecule has 0 spiro atoms. The second kappa shape index (κ2) is 5.45. The molecule has 0 atom stereocenters. The molecule has 112 valence electrons. The smallest absolute Gasteiger partial charge is 0.117 e. The van der Waals surface area contributed by atoms with E-state index in [1.807, 2.05) is 36.4 Å². The Morgan fingerprint density at radius 1 is 0.652 bits per heavy atom. The second-order valence-corrected chi connectivity index (χ2v) is 6.45. The van der Waals surface area contributed by atoms with Gasteiger partial charge in [0.2, 0.25) is 0 Å². The fourth-order valence-electron chi connectivity index (χ4n) is 2.79. The summed E-state index contributed by atoms with van der Waals surface area (Å²) in [6, 6.07) is 23.0. The monoisotopic (exact) mass is 318 g/mol. The van der Waals surface area contributed by atoms with Crippen molar-refractivity contribution in [3.05, 3.63) is 72.8 Å².